The smallest absolute Gasteiger partial charge is 0.408 e. The molecule has 1 aromatic heterocycles. The zero-order chi connectivity index (χ0) is 20.7. The molecule has 2 rings (SSSR count). The molecule has 1 aliphatic heterocycles. The minimum atomic E-state index is -0.961. The summed E-state index contributed by atoms with van der Waals surface area (Å²) in [6.45, 7) is 5.85. The molecule has 0 bridgehead atoms. The number of hydrogen-bond acceptors (Lipinski definition) is 7. The van der Waals surface area contributed by atoms with Gasteiger partial charge in [-0.05, 0) is 45.7 Å². The highest BCUT2D eigenvalue weighted by Crippen LogP contribution is 2.26. The van der Waals surface area contributed by atoms with E-state index in [4.69, 9.17) is 30.5 Å². The van der Waals surface area contributed by atoms with Crippen molar-refractivity contribution < 1.29 is 28.5 Å². The van der Waals surface area contributed by atoms with E-state index in [2.05, 4.69) is 10.3 Å². The lowest BCUT2D eigenvalue weighted by atomic mass is 10.1. The van der Waals surface area contributed by atoms with Gasteiger partial charge in [0.1, 0.15) is 11.6 Å². The van der Waals surface area contributed by atoms with Crippen LogP contribution in [0.4, 0.5) is 4.79 Å². The predicted molar refractivity (Wildman–Crippen MR) is 102 cm³/mol. The van der Waals surface area contributed by atoms with E-state index in [1.165, 1.54) is 7.11 Å². The number of aromatic nitrogens is 1. The fraction of sp³-hybridized carbons (Fsp3) is 0.632. The minimum absolute atomic E-state index is 0.0891. The maximum Gasteiger partial charge on any atom is 0.408 e. The van der Waals surface area contributed by atoms with Gasteiger partial charge in [0.05, 0.1) is 13.7 Å². The minimum Gasteiger partial charge on any atom is -0.467 e. The lowest BCUT2D eigenvalue weighted by Crippen LogP contribution is -2.45. The first-order valence-corrected chi connectivity index (χ1v) is 9.57. The van der Waals surface area contributed by atoms with E-state index in [9.17, 15) is 9.59 Å². The van der Waals surface area contributed by atoms with Crippen LogP contribution < -0.4 is 10.1 Å². The van der Waals surface area contributed by atoms with Gasteiger partial charge in [-0.2, -0.15) is 0 Å². The number of methoxy groups -OCH3 is 1. The van der Waals surface area contributed by atoms with Crippen LogP contribution in [0.15, 0.2) is 12.1 Å². The zero-order valence-electron chi connectivity index (χ0n) is 16.6. The first kappa shape index (κ1) is 22.2. The third-order valence-electron chi connectivity index (χ3n) is 3.86. The summed E-state index contributed by atoms with van der Waals surface area (Å²) < 4.78 is 21.2. The Morgan fingerprint density at radius 3 is 2.68 bits per heavy atom. The number of ether oxygens (including phenoxy) is 4. The summed E-state index contributed by atoms with van der Waals surface area (Å²) in [4.78, 5) is 28.3. The van der Waals surface area contributed by atoms with Crippen LogP contribution >= 0.6 is 11.6 Å². The van der Waals surface area contributed by atoms with Crippen LogP contribution in [0.25, 0.3) is 0 Å². The van der Waals surface area contributed by atoms with Crippen molar-refractivity contribution >= 4 is 23.7 Å². The summed E-state index contributed by atoms with van der Waals surface area (Å²) in [6.07, 6.45) is 1.88. The van der Waals surface area contributed by atoms with Crippen molar-refractivity contribution in [2.75, 3.05) is 13.7 Å². The first-order chi connectivity index (χ1) is 13.2. The van der Waals surface area contributed by atoms with E-state index in [-0.39, 0.29) is 17.9 Å². The van der Waals surface area contributed by atoms with Crippen LogP contribution in [0.5, 0.6) is 5.75 Å². The van der Waals surface area contributed by atoms with E-state index in [1.807, 2.05) is 0 Å². The molecule has 1 amide bonds. The lowest BCUT2D eigenvalue weighted by Gasteiger charge is -2.24. The number of nitrogens with zero attached hydrogens (tertiary/aromatic N) is 1. The summed E-state index contributed by atoms with van der Waals surface area (Å²) in [6, 6.07) is 2.39. The second-order valence-electron chi connectivity index (χ2n) is 7.43. The molecule has 2 atom stereocenters. The molecule has 0 spiro atoms. The number of rotatable bonds is 6. The average Bonchev–Trinajstić information content (AvgIpc) is 2.62. The molecule has 28 heavy (non-hydrogen) atoms. The van der Waals surface area contributed by atoms with Gasteiger partial charge in [0, 0.05) is 18.5 Å². The highest BCUT2D eigenvalue weighted by molar-refractivity contribution is 6.30. The number of carbonyl (C=O) groups excluding carboxylic acids is 2. The lowest BCUT2D eigenvalue weighted by molar-refractivity contribution is -0.143. The SMILES string of the molecule is COC(=O)C(Cc1ccc(O[C@@H]2CCCCO2)c(Cl)n1)NC(=O)OC(C)(C)C. The van der Waals surface area contributed by atoms with E-state index >= 15 is 0 Å². The van der Waals surface area contributed by atoms with Gasteiger partial charge in [0.25, 0.3) is 0 Å². The van der Waals surface area contributed by atoms with Gasteiger partial charge in [-0.15, -0.1) is 0 Å². The largest absolute Gasteiger partial charge is 0.467 e. The van der Waals surface area contributed by atoms with E-state index in [0.717, 1.165) is 19.3 Å². The molecule has 1 N–H and O–H groups in total. The second kappa shape index (κ2) is 9.93. The molecule has 156 valence electrons. The molecule has 0 saturated carbocycles. The van der Waals surface area contributed by atoms with Crippen LogP contribution in [-0.2, 0) is 25.4 Å². The van der Waals surface area contributed by atoms with Crippen LogP contribution in [0, 0.1) is 0 Å². The van der Waals surface area contributed by atoms with Gasteiger partial charge in [0.2, 0.25) is 0 Å². The van der Waals surface area contributed by atoms with Gasteiger partial charge in [-0.3, -0.25) is 0 Å². The Morgan fingerprint density at radius 2 is 2.11 bits per heavy atom. The number of pyridine rings is 1. The summed E-state index contributed by atoms with van der Waals surface area (Å²) in [7, 11) is 1.24. The molecule has 1 saturated heterocycles. The molecular formula is C19H27ClN2O6. The van der Waals surface area contributed by atoms with Gasteiger partial charge in [-0.1, -0.05) is 11.6 Å². The summed E-state index contributed by atoms with van der Waals surface area (Å²) in [5.41, 5.74) is -0.194. The fourth-order valence-corrected chi connectivity index (χ4v) is 2.82. The topological polar surface area (TPSA) is 96.0 Å². The third kappa shape index (κ3) is 7.16. The molecule has 8 nitrogen and oxygen atoms in total. The third-order valence-corrected chi connectivity index (χ3v) is 4.13. The normalized spacial score (nSPS) is 18.1. The number of amides is 1. The highest BCUT2D eigenvalue weighted by Gasteiger charge is 2.26. The quantitative estimate of drug-likeness (QED) is 0.563. The van der Waals surface area contributed by atoms with Crippen LogP contribution in [0.1, 0.15) is 45.7 Å². The average molecular weight is 415 g/mol. The van der Waals surface area contributed by atoms with Crippen molar-refractivity contribution in [1.82, 2.24) is 10.3 Å². The monoisotopic (exact) mass is 414 g/mol. The Bertz CT molecular complexity index is 685. The van der Waals surface area contributed by atoms with E-state index in [1.54, 1.807) is 32.9 Å². The van der Waals surface area contributed by atoms with Crippen LogP contribution in [0.2, 0.25) is 5.15 Å². The van der Waals surface area contributed by atoms with Crippen molar-refractivity contribution in [2.24, 2.45) is 0 Å². The molecule has 2 heterocycles. The fourth-order valence-electron chi connectivity index (χ4n) is 2.60. The number of carbonyl (C=O) groups is 2. The Hall–Kier alpha value is -2.06. The zero-order valence-corrected chi connectivity index (χ0v) is 17.4. The molecule has 0 radical (unpaired) electrons. The Morgan fingerprint density at radius 1 is 1.36 bits per heavy atom. The summed E-state index contributed by atoms with van der Waals surface area (Å²) >= 11 is 6.22. The van der Waals surface area contributed by atoms with Crippen LogP contribution in [0.3, 0.4) is 0 Å². The van der Waals surface area contributed by atoms with Gasteiger partial charge in [-0.25, -0.2) is 14.6 Å². The number of esters is 1. The molecule has 1 aromatic rings. The first-order valence-electron chi connectivity index (χ1n) is 9.19. The number of halogens is 1. The summed E-state index contributed by atoms with van der Waals surface area (Å²) in [5, 5.41) is 2.66. The van der Waals surface area contributed by atoms with Gasteiger partial charge < -0.3 is 24.3 Å². The van der Waals surface area contributed by atoms with Gasteiger partial charge >= 0.3 is 12.1 Å². The van der Waals surface area contributed by atoms with Crippen molar-refractivity contribution in [3.05, 3.63) is 23.0 Å². The van der Waals surface area contributed by atoms with Crippen molar-refractivity contribution in [3.63, 3.8) is 0 Å². The molecular weight excluding hydrogens is 388 g/mol. The number of alkyl carbamates (subject to hydrolysis) is 1. The Kier molecular flexibility index (Phi) is 7.88. The van der Waals surface area contributed by atoms with Gasteiger partial charge in [0.15, 0.2) is 17.2 Å². The molecule has 1 aliphatic rings. The van der Waals surface area contributed by atoms with Crippen molar-refractivity contribution in [1.29, 1.82) is 0 Å². The Labute approximate surface area is 169 Å². The number of nitrogens with one attached hydrogen (secondary N) is 1. The number of hydrogen-bond donors (Lipinski definition) is 1. The standard InChI is InChI=1S/C19H27ClN2O6/c1-19(2,3)28-18(24)22-13(17(23)25-4)11-12-8-9-14(16(20)21-12)27-15-7-5-6-10-26-15/h8-9,13,15H,5-7,10-11H2,1-4H3,(H,22,24)/t13?,15-/m1/s1. The second-order valence-corrected chi connectivity index (χ2v) is 7.79. The molecule has 9 heteroatoms. The molecule has 0 aromatic carbocycles. The maximum atomic E-state index is 12.0. The summed E-state index contributed by atoms with van der Waals surface area (Å²) in [5.74, 6) is -0.202. The maximum absolute atomic E-state index is 12.0. The van der Waals surface area contributed by atoms with Crippen LogP contribution in [-0.4, -0.2) is 48.7 Å². The molecule has 1 fully saturated rings. The van der Waals surface area contributed by atoms with Crippen molar-refractivity contribution in [2.45, 2.75) is 64.4 Å². The van der Waals surface area contributed by atoms with Crippen molar-refractivity contribution in [3.8, 4) is 5.75 Å². The van der Waals surface area contributed by atoms with E-state index in [0.29, 0.717) is 18.1 Å². The molecule has 1 unspecified atom stereocenters. The van der Waals surface area contributed by atoms with E-state index < -0.39 is 23.7 Å². The Balaban J connectivity index is 2.03. The predicted octanol–water partition coefficient (Wildman–Crippen LogP) is 3.25. The highest BCUT2D eigenvalue weighted by atomic mass is 35.5. The molecule has 0 aliphatic carbocycles.